The van der Waals surface area contributed by atoms with E-state index in [-0.39, 0.29) is 23.7 Å². The Labute approximate surface area is 143 Å². The Morgan fingerprint density at radius 1 is 1.40 bits per heavy atom. The first-order chi connectivity index (χ1) is 12.0. The summed E-state index contributed by atoms with van der Waals surface area (Å²) in [7, 11) is 0. The molecule has 25 heavy (non-hydrogen) atoms. The van der Waals surface area contributed by atoms with Gasteiger partial charge in [0.15, 0.2) is 0 Å². The van der Waals surface area contributed by atoms with Gasteiger partial charge in [0.25, 0.3) is 0 Å². The maximum atomic E-state index is 10.9. The topological polar surface area (TPSA) is 125 Å². The highest BCUT2D eigenvalue weighted by Gasteiger charge is 2.33. The summed E-state index contributed by atoms with van der Waals surface area (Å²) in [5, 5.41) is 15.4. The average molecular weight is 345 g/mol. The van der Waals surface area contributed by atoms with Crippen molar-refractivity contribution in [2.24, 2.45) is 0 Å². The van der Waals surface area contributed by atoms with Gasteiger partial charge < -0.3 is 15.4 Å². The molecular weight excluding hydrogens is 326 g/mol. The standard InChI is InChI=1S/C15H19N7O3/c1-9-6-20(15-17-5-12(22(23)24)14(16)19-15)13(8-25-9)10-4-18-21(7-10)11-2-3-11/h4-5,7,9,11,13H,2-3,6,8H2,1H3,(H2,16,17,19). The highest BCUT2D eigenvalue weighted by molar-refractivity contribution is 5.54. The largest absolute Gasteiger partial charge is 0.378 e. The molecule has 1 aliphatic carbocycles. The molecule has 1 aliphatic heterocycles. The van der Waals surface area contributed by atoms with Crippen LogP contribution in [0, 0.1) is 10.1 Å². The molecule has 2 aliphatic rings. The Morgan fingerprint density at radius 2 is 2.20 bits per heavy atom. The first kappa shape index (κ1) is 15.8. The molecule has 10 heteroatoms. The first-order valence-electron chi connectivity index (χ1n) is 8.22. The van der Waals surface area contributed by atoms with Gasteiger partial charge in [0.05, 0.1) is 35.9 Å². The molecule has 2 N–H and O–H groups in total. The number of morpholine rings is 1. The van der Waals surface area contributed by atoms with E-state index in [1.165, 1.54) is 0 Å². The van der Waals surface area contributed by atoms with Crippen LogP contribution in [0.1, 0.15) is 37.4 Å². The van der Waals surface area contributed by atoms with Gasteiger partial charge in [0.2, 0.25) is 11.8 Å². The van der Waals surface area contributed by atoms with Gasteiger partial charge in [-0.25, -0.2) is 4.98 Å². The van der Waals surface area contributed by atoms with Crippen molar-refractivity contribution in [3.05, 3.63) is 34.3 Å². The van der Waals surface area contributed by atoms with Crippen LogP contribution < -0.4 is 10.6 Å². The number of aromatic nitrogens is 4. The molecule has 0 aromatic carbocycles. The van der Waals surface area contributed by atoms with Crippen LogP contribution in [0.4, 0.5) is 17.5 Å². The van der Waals surface area contributed by atoms with Crippen molar-refractivity contribution in [3.8, 4) is 0 Å². The van der Waals surface area contributed by atoms with Crippen LogP contribution in [0.5, 0.6) is 0 Å². The molecule has 2 fully saturated rings. The van der Waals surface area contributed by atoms with Crippen LogP contribution in [0.15, 0.2) is 18.6 Å². The van der Waals surface area contributed by atoms with Gasteiger partial charge in [-0.2, -0.15) is 10.1 Å². The normalized spacial score (nSPS) is 23.6. The Hall–Kier alpha value is -2.75. The smallest absolute Gasteiger partial charge is 0.329 e. The summed E-state index contributed by atoms with van der Waals surface area (Å²) in [5.74, 6) is 0.226. The first-order valence-corrected chi connectivity index (χ1v) is 8.22. The van der Waals surface area contributed by atoms with Crippen LogP contribution in [-0.4, -0.2) is 43.9 Å². The number of nitrogens with two attached hydrogens (primary N) is 1. The van der Waals surface area contributed by atoms with E-state index in [1.807, 2.05) is 28.9 Å². The van der Waals surface area contributed by atoms with Crippen molar-refractivity contribution >= 4 is 17.5 Å². The predicted octanol–water partition coefficient (Wildman–Crippen LogP) is 1.46. The van der Waals surface area contributed by atoms with E-state index in [9.17, 15) is 10.1 Å². The van der Waals surface area contributed by atoms with E-state index >= 15 is 0 Å². The maximum absolute atomic E-state index is 10.9. The predicted molar refractivity (Wildman–Crippen MR) is 89.1 cm³/mol. The van der Waals surface area contributed by atoms with Gasteiger partial charge >= 0.3 is 5.69 Å². The summed E-state index contributed by atoms with van der Waals surface area (Å²) in [6, 6.07) is 0.390. The fourth-order valence-corrected chi connectivity index (χ4v) is 3.02. The van der Waals surface area contributed by atoms with Gasteiger partial charge in [-0.05, 0) is 19.8 Å². The number of rotatable bonds is 4. The van der Waals surface area contributed by atoms with E-state index in [2.05, 4.69) is 15.1 Å². The summed E-state index contributed by atoms with van der Waals surface area (Å²) in [6.07, 6.45) is 7.33. The third-order valence-corrected chi connectivity index (χ3v) is 4.53. The Morgan fingerprint density at radius 3 is 2.88 bits per heavy atom. The lowest BCUT2D eigenvalue weighted by Gasteiger charge is -2.38. The van der Waals surface area contributed by atoms with E-state index in [1.54, 1.807) is 0 Å². The fraction of sp³-hybridized carbons (Fsp3) is 0.533. The molecule has 132 valence electrons. The molecule has 1 saturated heterocycles. The lowest BCUT2D eigenvalue weighted by atomic mass is 10.1. The number of nitrogens with zero attached hydrogens (tertiary/aromatic N) is 6. The molecule has 0 bridgehead atoms. The lowest BCUT2D eigenvalue weighted by molar-refractivity contribution is -0.384. The number of anilines is 2. The Balaban J connectivity index is 1.65. The van der Waals surface area contributed by atoms with E-state index in [0.29, 0.717) is 25.1 Å². The Kier molecular flexibility index (Phi) is 3.75. The third-order valence-electron chi connectivity index (χ3n) is 4.53. The molecule has 0 spiro atoms. The van der Waals surface area contributed by atoms with E-state index in [0.717, 1.165) is 24.6 Å². The van der Waals surface area contributed by atoms with Crippen molar-refractivity contribution in [1.29, 1.82) is 0 Å². The summed E-state index contributed by atoms with van der Waals surface area (Å²) < 4.78 is 7.78. The molecule has 2 aromatic rings. The molecule has 10 nitrogen and oxygen atoms in total. The second-order valence-corrected chi connectivity index (χ2v) is 6.49. The van der Waals surface area contributed by atoms with Crippen LogP contribution in [0.25, 0.3) is 0 Å². The molecular formula is C15H19N7O3. The zero-order valence-electron chi connectivity index (χ0n) is 13.8. The third kappa shape index (κ3) is 3.00. The quantitative estimate of drug-likeness (QED) is 0.652. The summed E-state index contributed by atoms with van der Waals surface area (Å²) >= 11 is 0. The summed E-state index contributed by atoms with van der Waals surface area (Å²) in [5.41, 5.74) is 6.46. The second kappa shape index (κ2) is 5.96. The average Bonchev–Trinajstić information content (AvgIpc) is 3.32. The van der Waals surface area contributed by atoms with Crippen molar-refractivity contribution < 1.29 is 9.66 Å². The maximum Gasteiger partial charge on any atom is 0.329 e. The lowest BCUT2D eigenvalue weighted by Crippen LogP contribution is -2.44. The second-order valence-electron chi connectivity index (χ2n) is 6.49. The molecule has 3 heterocycles. The number of hydrogen-bond donors (Lipinski definition) is 1. The molecule has 0 radical (unpaired) electrons. The number of nitro groups is 1. The van der Waals surface area contributed by atoms with Gasteiger partial charge in [0.1, 0.15) is 6.20 Å². The minimum atomic E-state index is -0.585. The Bertz CT molecular complexity index is 804. The fourth-order valence-electron chi connectivity index (χ4n) is 3.02. The minimum Gasteiger partial charge on any atom is -0.378 e. The minimum absolute atomic E-state index is 0.00487. The number of ether oxygens (including phenoxy) is 1. The zero-order valence-corrected chi connectivity index (χ0v) is 13.8. The number of hydrogen-bond acceptors (Lipinski definition) is 8. The van der Waals surface area contributed by atoms with Gasteiger partial charge in [0, 0.05) is 18.3 Å². The van der Waals surface area contributed by atoms with E-state index in [4.69, 9.17) is 10.5 Å². The van der Waals surface area contributed by atoms with Gasteiger partial charge in [-0.3, -0.25) is 14.8 Å². The van der Waals surface area contributed by atoms with Crippen LogP contribution in [-0.2, 0) is 4.74 Å². The van der Waals surface area contributed by atoms with Crippen LogP contribution in [0.2, 0.25) is 0 Å². The molecule has 1 saturated carbocycles. The molecule has 4 rings (SSSR count). The number of nitrogen functional groups attached to an aromatic ring is 1. The summed E-state index contributed by atoms with van der Waals surface area (Å²) in [4.78, 5) is 20.6. The molecule has 2 atom stereocenters. The van der Waals surface area contributed by atoms with Gasteiger partial charge in [-0.1, -0.05) is 0 Å². The highest BCUT2D eigenvalue weighted by Crippen LogP contribution is 2.36. The molecule has 2 aromatic heterocycles. The molecule has 2 unspecified atom stereocenters. The molecule has 0 amide bonds. The van der Waals surface area contributed by atoms with Crippen molar-refractivity contribution in [2.75, 3.05) is 23.8 Å². The van der Waals surface area contributed by atoms with E-state index < -0.39 is 4.92 Å². The van der Waals surface area contributed by atoms with Crippen LogP contribution in [0.3, 0.4) is 0 Å². The van der Waals surface area contributed by atoms with Crippen molar-refractivity contribution in [2.45, 2.75) is 38.0 Å². The van der Waals surface area contributed by atoms with Gasteiger partial charge in [-0.15, -0.1) is 0 Å². The van der Waals surface area contributed by atoms with Crippen molar-refractivity contribution in [1.82, 2.24) is 19.7 Å². The summed E-state index contributed by atoms with van der Waals surface area (Å²) in [6.45, 7) is 3.00. The van der Waals surface area contributed by atoms with Crippen molar-refractivity contribution in [3.63, 3.8) is 0 Å². The monoisotopic (exact) mass is 345 g/mol. The highest BCUT2D eigenvalue weighted by atomic mass is 16.6. The zero-order chi connectivity index (χ0) is 17.6. The SMILES string of the molecule is CC1CN(c2ncc([N+](=O)[O-])c(N)n2)C(c2cnn(C3CC3)c2)CO1. The van der Waals surface area contributed by atoms with Crippen LogP contribution >= 0.6 is 0 Å².